The molecule has 2 aromatic rings. The van der Waals surface area contributed by atoms with Gasteiger partial charge < -0.3 is 4.57 Å². The van der Waals surface area contributed by atoms with Crippen molar-refractivity contribution in [2.45, 2.75) is 5.16 Å². The zero-order chi connectivity index (χ0) is 8.55. The number of benzene rings is 1. The Morgan fingerprint density at radius 3 is 2.62 bits per heavy atom. The Labute approximate surface area is 98.7 Å². The van der Waals surface area contributed by atoms with Gasteiger partial charge in [0.05, 0.1) is 11.0 Å². The van der Waals surface area contributed by atoms with Crippen molar-refractivity contribution in [2.24, 2.45) is 7.05 Å². The van der Waals surface area contributed by atoms with Gasteiger partial charge in [-0.2, -0.15) is 0 Å². The fourth-order valence-corrected chi connectivity index (χ4v) is 1.87. The Morgan fingerprint density at radius 1 is 1.31 bits per heavy atom. The molecule has 0 aliphatic rings. The van der Waals surface area contributed by atoms with Gasteiger partial charge in [0.1, 0.15) is 0 Å². The molecular weight excluding hydrogens is 295 g/mol. The van der Waals surface area contributed by atoms with Crippen LogP contribution < -0.4 is 0 Å². The van der Waals surface area contributed by atoms with Crippen LogP contribution in [-0.2, 0) is 7.05 Å². The molecule has 2 rings (SSSR count). The summed E-state index contributed by atoms with van der Waals surface area (Å²) in [7, 11) is 2.04. The number of para-hydroxylation sites is 2. The van der Waals surface area contributed by atoms with Crippen molar-refractivity contribution >= 4 is 46.8 Å². The Kier molecular flexibility index (Phi) is 3.61. The van der Waals surface area contributed by atoms with Crippen LogP contribution in [0.25, 0.3) is 11.0 Å². The highest BCUT2D eigenvalue weighted by Crippen LogP contribution is 2.19. The number of hydrogen-bond donors (Lipinski definition) is 0. The average molecular weight is 306 g/mol. The number of aryl methyl sites for hydroxylation is 1. The van der Waals surface area contributed by atoms with Crippen molar-refractivity contribution in [1.29, 1.82) is 0 Å². The van der Waals surface area contributed by atoms with E-state index in [1.54, 1.807) is 11.8 Å². The second-order valence-electron chi connectivity index (χ2n) is 2.65. The Hall–Kier alpha value is -0.230. The Balaban J connectivity index is 0.000000845. The van der Waals surface area contributed by atoms with E-state index < -0.39 is 0 Å². The molecule has 1 aromatic heterocycles. The number of imidazole rings is 1. The third kappa shape index (κ3) is 1.83. The average Bonchev–Trinajstić information content (AvgIpc) is 2.44. The second kappa shape index (κ2) is 4.32. The number of halogens is 1. The van der Waals surface area contributed by atoms with E-state index in [0.717, 1.165) is 10.7 Å². The number of thioether (sulfide) groups is 1. The molecule has 0 bridgehead atoms. The third-order valence-electron chi connectivity index (χ3n) is 1.93. The van der Waals surface area contributed by atoms with E-state index in [4.69, 9.17) is 0 Å². The predicted molar refractivity (Wildman–Crippen MR) is 67.9 cm³/mol. The van der Waals surface area contributed by atoms with Gasteiger partial charge >= 0.3 is 0 Å². The summed E-state index contributed by atoms with van der Waals surface area (Å²) in [5.74, 6) is 0. The van der Waals surface area contributed by atoms with E-state index in [2.05, 4.69) is 15.6 Å². The van der Waals surface area contributed by atoms with Gasteiger partial charge in [-0.15, -0.1) is 24.0 Å². The van der Waals surface area contributed by atoms with Crippen molar-refractivity contribution in [2.75, 3.05) is 6.26 Å². The summed E-state index contributed by atoms with van der Waals surface area (Å²) >= 11 is 1.67. The summed E-state index contributed by atoms with van der Waals surface area (Å²) in [5.41, 5.74) is 2.27. The first-order chi connectivity index (χ1) is 5.83. The van der Waals surface area contributed by atoms with Crippen LogP contribution in [0.1, 0.15) is 0 Å². The third-order valence-corrected chi connectivity index (χ3v) is 2.66. The molecule has 0 aliphatic heterocycles. The fourth-order valence-electron chi connectivity index (χ4n) is 1.31. The topological polar surface area (TPSA) is 17.8 Å². The Bertz CT molecular complexity index is 411. The molecule has 0 fully saturated rings. The molecule has 0 aliphatic carbocycles. The van der Waals surface area contributed by atoms with Gasteiger partial charge in [-0.3, -0.25) is 0 Å². The normalized spacial score (nSPS) is 10.0. The summed E-state index contributed by atoms with van der Waals surface area (Å²) in [5, 5.41) is 1.07. The number of rotatable bonds is 1. The number of aromatic nitrogens is 2. The molecule has 0 saturated heterocycles. The lowest BCUT2D eigenvalue weighted by molar-refractivity contribution is 0.817. The maximum absolute atomic E-state index is 4.46. The molecule has 0 saturated carbocycles. The first-order valence-corrected chi connectivity index (χ1v) is 5.01. The van der Waals surface area contributed by atoms with Crippen LogP contribution in [0.3, 0.4) is 0 Å². The number of hydrogen-bond acceptors (Lipinski definition) is 2. The lowest BCUT2D eigenvalue weighted by atomic mass is 10.3. The molecule has 0 spiro atoms. The maximum atomic E-state index is 4.46. The van der Waals surface area contributed by atoms with Gasteiger partial charge in [-0.05, 0) is 18.4 Å². The smallest absolute Gasteiger partial charge is 0.168 e. The number of fused-ring (bicyclic) bond motifs is 1. The molecule has 0 N–H and O–H groups in total. The van der Waals surface area contributed by atoms with E-state index in [0.29, 0.717) is 0 Å². The zero-order valence-electron chi connectivity index (χ0n) is 7.52. The monoisotopic (exact) mass is 306 g/mol. The molecule has 13 heavy (non-hydrogen) atoms. The summed E-state index contributed by atoms with van der Waals surface area (Å²) in [4.78, 5) is 4.46. The molecule has 0 unspecified atom stereocenters. The van der Waals surface area contributed by atoms with Crippen LogP contribution in [0.15, 0.2) is 29.4 Å². The summed E-state index contributed by atoms with van der Waals surface area (Å²) in [6.45, 7) is 0. The van der Waals surface area contributed by atoms with E-state index in [9.17, 15) is 0 Å². The molecular formula is C9H11IN2S. The van der Waals surface area contributed by atoms with Gasteiger partial charge in [-0.25, -0.2) is 4.98 Å². The first kappa shape index (κ1) is 10.8. The summed E-state index contributed by atoms with van der Waals surface area (Å²) < 4.78 is 2.11. The molecule has 0 radical (unpaired) electrons. The first-order valence-electron chi connectivity index (χ1n) is 3.78. The predicted octanol–water partition coefficient (Wildman–Crippen LogP) is 2.91. The van der Waals surface area contributed by atoms with Crippen LogP contribution in [0.4, 0.5) is 0 Å². The second-order valence-corrected chi connectivity index (χ2v) is 3.42. The van der Waals surface area contributed by atoms with Gasteiger partial charge in [0, 0.05) is 7.05 Å². The van der Waals surface area contributed by atoms with Crippen LogP contribution in [0.2, 0.25) is 0 Å². The lowest BCUT2D eigenvalue weighted by Gasteiger charge is -1.95. The maximum Gasteiger partial charge on any atom is 0.168 e. The molecule has 2 nitrogen and oxygen atoms in total. The minimum Gasteiger partial charge on any atom is -0.322 e. The van der Waals surface area contributed by atoms with Crippen LogP contribution in [-0.4, -0.2) is 15.8 Å². The minimum absolute atomic E-state index is 0. The van der Waals surface area contributed by atoms with Crippen molar-refractivity contribution in [3.05, 3.63) is 24.3 Å². The van der Waals surface area contributed by atoms with Gasteiger partial charge in [0.2, 0.25) is 0 Å². The van der Waals surface area contributed by atoms with Gasteiger partial charge in [0.25, 0.3) is 0 Å². The molecule has 0 atom stereocenters. The minimum atomic E-state index is 0. The fraction of sp³-hybridized carbons (Fsp3) is 0.222. The van der Waals surface area contributed by atoms with E-state index >= 15 is 0 Å². The van der Waals surface area contributed by atoms with Crippen LogP contribution in [0.5, 0.6) is 0 Å². The summed E-state index contributed by atoms with van der Waals surface area (Å²) in [6, 6.07) is 8.17. The van der Waals surface area contributed by atoms with E-state index in [1.165, 1.54) is 5.52 Å². The molecule has 70 valence electrons. The molecule has 4 heteroatoms. The highest BCUT2D eigenvalue weighted by Gasteiger charge is 2.03. The standard InChI is InChI=1S/C9H10N2S.HI/c1-11-8-6-4-3-5-7(8)10-9(11)12-2;/h3-6H,1-2H3;1H. The van der Waals surface area contributed by atoms with Crippen molar-refractivity contribution in [3.63, 3.8) is 0 Å². The highest BCUT2D eigenvalue weighted by atomic mass is 127. The van der Waals surface area contributed by atoms with E-state index in [-0.39, 0.29) is 24.0 Å². The summed E-state index contributed by atoms with van der Waals surface area (Å²) in [6.07, 6.45) is 2.04. The van der Waals surface area contributed by atoms with Crippen molar-refractivity contribution < 1.29 is 0 Å². The lowest BCUT2D eigenvalue weighted by Crippen LogP contribution is -1.88. The van der Waals surface area contributed by atoms with Gasteiger partial charge in [-0.1, -0.05) is 23.9 Å². The van der Waals surface area contributed by atoms with Gasteiger partial charge in [0.15, 0.2) is 5.16 Å². The Morgan fingerprint density at radius 2 is 2.00 bits per heavy atom. The van der Waals surface area contributed by atoms with Crippen molar-refractivity contribution in [3.8, 4) is 0 Å². The zero-order valence-corrected chi connectivity index (χ0v) is 10.7. The van der Waals surface area contributed by atoms with Crippen LogP contribution >= 0.6 is 35.7 Å². The van der Waals surface area contributed by atoms with Crippen LogP contribution in [0, 0.1) is 0 Å². The number of nitrogens with zero attached hydrogens (tertiary/aromatic N) is 2. The quantitative estimate of drug-likeness (QED) is 0.595. The highest BCUT2D eigenvalue weighted by molar-refractivity contribution is 14.0. The molecule has 0 amide bonds. The molecule has 1 aromatic carbocycles. The van der Waals surface area contributed by atoms with Crippen molar-refractivity contribution in [1.82, 2.24) is 9.55 Å². The molecule has 1 heterocycles. The van der Waals surface area contributed by atoms with E-state index in [1.807, 2.05) is 31.5 Å². The largest absolute Gasteiger partial charge is 0.322 e. The SMILES string of the molecule is CSc1nc2ccccc2n1C.I.